The summed E-state index contributed by atoms with van der Waals surface area (Å²) in [5.41, 5.74) is 0. The van der Waals surface area contributed by atoms with Crippen LogP contribution in [0.25, 0.3) is 0 Å². The van der Waals surface area contributed by atoms with Gasteiger partial charge in [-0.15, -0.1) is 0 Å². The molecule has 0 aromatic carbocycles. The van der Waals surface area contributed by atoms with Gasteiger partial charge in [-0.1, -0.05) is 283 Å². The van der Waals surface area contributed by atoms with Crippen LogP contribution in [-0.2, 0) is 28.6 Å². The zero-order chi connectivity index (χ0) is 58.5. The minimum Gasteiger partial charge on any atom is -0.462 e. The lowest BCUT2D eigenvalue weighted by Crippen LogP contribution is -2.30. The molecule has 0 saturated carbocycles. The van der Waals surface area contributed by atoms with E-state index in [4.69, 9.17) is 14.2 Å². The highest BCUT2D eigenvalue weighted by molar-refractivity contribution is 5.71. The first-order valence-corrected chi connectivity index (χ1v) is 33.7. The zero-order valence-electron chi connectivity index (χ0n) is 52.8. The third kappa shape index (κ3) is 66.2. The molecular weight excluding hydrogens is 997 g/mol. The first kappa shape index (κ1) is 76.5. The Morgan fingerprint density at radius 2 is 0.481 bits per heavy atom. The van der Waals surface area contributed by atoms with Gasteiger partial charge >= 0.3 is 17.9 Å². The Morgan fingerprint density at radius 1 is 0.259 bits per heavy atom. The van der Waals surface area contributed by atoms with Crippen molar-refractivity contribution in [3.8, 4) is 0 Å². The smallest absolute Gasteiger partial charge is 0.306 e. The van der Waals surface area contributed by atoms with E-state index in [1.54, 1.807) is 0 Å². The molecule has 460 valence electrons. The number of carbonyl (C=O) groups excluding carboxylic acids is 3. The maximum Gasteiger partial charge on any atom is 0.306 e. The average molecular weight is 1120 g/mol. The first-order chi connectivity index (χ1) is 40.0. The number of ether oxygens (including phenoxy) is 3. The van der Waals surface area contributed by atoms with Crippen molar-refractivity contribution in [3.05, 3.63) is 134 Å². The lowest BCUT2D eigenvalue weighted by Gasteiger charge is -2.18. The monoisotopic (exact) mass is 1120 g/mol. The van der Waals surface area contributed by atoms with Gasteiger partial charge in [0.2, 0.25) is 0 Å². The van der Waals surface area contributed by atoms with Gasteiger partial charge in [0.15, 0.2) is 6.10 Å². The Balaban J connectivity index is 4.45. The average Bonchev–Trinajstić information content (AvgIpc) is 3.47. The molecule has 0 aromatic rings. The first-order valence-electron chi connectivity index (χ1n) is 33.7. The van der Waals surface area contributed by atoms with Crippen LogP contribution in [0, 0.1) is 0 Å². The fourth-order valence-corrected chi connectivity index (χ4v) is 9.14. The fraction of sp³-hybridized carbons (Fsp3) is 0.667. The summed E-state index contributed by atoms with van der Waals surface area (Å²) in [6.07, 6.45) is 96.1. The summed E-state index contributed by atoms with van der Waals surface area (Å²) in [7, 11) is 0. The Morgan fingerprint density at radius 3 is 0.790 bits per heavy atom. The van der Waals surface area contributed by atoms with E-state index in [-0.39, 0.29) is 37.5 Å². The van der Waals surface area contributed by atoms with E-state index in [2.05, 4.69) is 154 Å². The Hall–Kier alpha value is -4.45. The minimum atomic E-state index is -0.818. The van der Waals surface area contributed by atoms with Crippen LogP contribution in [0.15, 0.2) is 134 Å². The van der Waals surface area contributed by atoms with Crippen molar-refractivity contribution >= 4 is 17.9 Å². The van der Waals surface area contributed by atoms with Crippen LogP contribution in [-0.4, -0.2) is 37.2 Å². The molecule has 0 aliphatic carbocycles. The molecule has 0 radical (unpaired) electrons. The molecule has 0 aromatic heterocycles. The summed E-state index contributed by atoms with van der Waals surface area (Å²) in [5, 5.41) is 0. The number of rotatable bonds is 60. The van der Waals surface area contributed by atoms with Crippen LogP contribution >= 0.6 is 0 Å². The van der Waals surface area contributed by atoms with Crippen LogP contribution in [0.4, 0.5) is 0 Å². The van der Waals surface area contributed by atoms with E-state index in [9.17, 15) is 14.4 Å². The molecule has 0 bridgehead atoms. The standard InChI is InChI=1S/C75H124O6/c1-4-7-10-13-16-19-22-25-28-31-33-35-36-37-38-40-41-44-47-50-53-56-59-62-65-68-74(77)80-71-72(70-79-73(76)67-64-61-58-55-52-49-46-43-30-27-24-21-18-15-12-9-6-3)81-75(78)69-66-63-60-57-54-51-48-45-42-39-34-32-29-26-23-20-17-14-11-8-5-2/h8-9,11-12,17-18,20-21,26-27,29-31,33-34,39,45-46,48-49,54,57,72H,4-7,10,13-16,19,22-25,28,32,35-38,40-44,47,50-53,55-56,58-71H2,1-3H3/b11-8-,12-9-,20-17-,21-18-,29-26-,30-27-,33-31-,39-34-,48-45-,49-46-,57-54-. The molecular formula is C75H124O6. The van der Waals surface area contributed by atoms with Crippen molar-refractivity contribution in [2.45, 2.75) is 309 Å². The summed E-state index contributed by atoms with van der Waals surface area (Å²) in [6, 6.07) is 0. The molecule has 0 amide bonds. The number of hydrogen-bond acceptors (Lipinski definition) is 6. The van der Waals surface area contributed by atoms with E-state index >= 15 is 0 Å². The maximum absolute atomic E-state index is 12.9. The van der Waals surface area contributed by atoms with Crippen molar-refractivity contribution in [1.29, 1.82) is 0 Å². The van der Waals surface area contributed by atoms with Crippen LogP contribution in [0.3, 0.4) is 0 Å². The summed E-state index contributed by atoms with van der Waals surface area (Å²) in [6.45, 7) is 6.38. The molecule has 1 unspecified atom stereocenters. The van der Waals surface area contributed by atoms with E-state index in [0.29, 0.717) is 19.3 Å². The molecule has 0 saturated heterocycles. The topological polar surface area (TPSA) is 78.9 Å². The quantitative estimate of drug-likeness (QED) is 0.0261. The molecule has 1 atom stereocenters. The second kappa shape index (κ2) is 68.1. The SMILES string of the molecule is CC/C=C\C/C=C\C/C=C\C/C=C\C/C=C\C/C=C\CCCCC(=O)OC(COC(=O)CCCCCC/C=C\C/C=C\C/C=C\C/C=C\CC)COC(=O)CCCCCCCCCCCCCCC/C=C\CCCCCCCCCC. The van der Waals surface area contributed by atoms with E-state index in [1.165, 1.54) is 128 Å². The molecule has 6 nitrogen and oxygen atoms in total. The summed E-state index contributed by atoms with van der Waals surface area (Å²) >= 11 is 0. The van der Waals surface area contributed by atoms with Crippen molar-refractivity contribution in [2.75, 3.05) is 13.2 Å². The van der Waals surface area contributed by atoms with Gasteiger partial charge in [0.1, 0.15) is 13.2 Å². The number of hydrogen-bond donors (Lipinski definition) is 0. The predicted molar refractivity (Wildman–Crippen MR) is 353 cm³/mol. The third-order valence-electron chi connectivity index (χ3n) is 14.1. The van der Waals surface area contributed by atoms with Crippen molar-refractivity contribution in [1.82, 2.24) is 0 Å². The normalized spacial score (nSPS) is 13.0. The molecule has 0 aliphatic heterocycles. The summed E-state index contributed by atoms with van der Waals surface area (Å²) < 4.78 is 16.9. The molecule has 6 heteroatoms. The van der Waals surface area contributed by atoms with Crippen LogP contribution in [0.2, 0.25) is 0 Å². The van der Waals surface area contributed by atoms with E-state index in [1.807, 2.05) is 0 Å². The van der Waals surface area contributed by atoms with Gasteiger partial charge in [-0.25, -0.2) is 0 Å². The van der Waals surface area contributed by atoms with Gasteiger partial charge in [0.05, 0.1) is 0 Å². The second-order valence-electron chi connectivity index (χ2n) is 22.0. The van der Waals surface area contributed by atoms with Gasteiger partial charge in [-0.3, -0.25) is 14.4 Å². The van der Waals surface area contributed by atoms with Crippen LogP contribution in [0.1, 0.15) is 303 Å². The highest BCUT2D eigenvalue weighted by Gasteiger charge is 2.19. The fourth-order valence-electron chi connectivity index (χ4n) is 9.14. The highest BCUT2D eigenvalue weighted by Crippen LogP contribution is 2.16. The van der Waals surface area contributed by atoms with Gasteiger partial charge in [-0.2, -0.15) is 0 Å². The summed E-state index contributed by atoms with van der Waals surface area (Å²) in [4.78, 5) is 38.4. The predicted octanol–water partition coefficient (Wildman–Crippen LogP) is 23.3. The molecule has 0 fully saturated rings. The lowest BCUT2D eigenvalue weighted by molar-refractivity contribution is -0.167. The van der Waals surface area contributed by atoms with Crippen molar-refractivity contribution in [2.24, 2.45) is 0 Å². The Labute approximate surface area is 500 Å². The number of unbranched alkanes of at least 4 members (excludes halogenated alkanes) is 27. The van der Waals surface area contributed by atoms with Gasteiger partial charge < -0.3 is 14.2 Å². The maximum atomic E-state index is 12.9. The molecule has 0 aliphatic rings. The largest absolute Gasteiger partial charge is 0.462 e. The Kier molecular flexibility index (Phi) is 64.3. The zero-order valence-corrected chi connectivity index (χ0v) is 52.8. The molecule has 0 heterocycles. The number of esters is 3. The van der Waals surface area contributed by atoms with Gasteiger partial charge in [-0.05, 0) is 135 Å². The lowest BCUT2D eigenvalue weighted by atomic mass is 10.0. The third-order valence-corrected chi connectivity index (χ3v) is 14.1. The van der Waals surface area contributed by atoms with E-state index in [0.717, 1.165) is 128 Å². The van der Waals surface area contributed by atoms with Crippen molar-refractivity contribution < 1.29 is 28.6 Å². The Bertz CT molecular complexity index is 1720. The number of carbonyl (C=O) groups is 3. The summed E-state index contributed by atoms with van der Waals surface area (Å²) in [5.74, 6) is -0.970. The number of allylic oxidation sites excluding steroid dienone is 22. The highest BCUT2D eigenvalue weighted by atomic mass is 16.6. The molecule has 0 spiro atoms. The van der Waals surface area contributed by atoms with Gasteiger partial charge in [0.25, 0.3) is 0 Å². The second-order valence-corrected chi connectivity index (χ2v) is 22.0. The van der Waals surface area contributed by atoms with Crippen LogP contribution < -0.4 is 0 Å². The molecule has 0 N–H and O–H groups in total. The van der Waals surface area contributed by atoms with Crippen LogP contribution in [0.5, 0.6) is 0 Å². The molecule has 81 heavy (non-hydrogen) atoms. The minimum absolute atomic E-state index is 0.107. The van der Waals surface area contributed by atoms with Gasteiger partial charge in [0, 0.05) is 19.3 Å². The molecule has 0 rings (SSSR count). The van der Waals surface area contributed by atoms with E-state index < -0.39 is 6.10 Å². The van der Waals surface area contributed by atoms with Crippen molar-refractivity contribution in [3.63, 3.8) is 0 Å².